The second-order valence-corrected chi connectivity index (χ2v) is 3.35. The van der Waals surface area contributed by atoms with E-state index in [9.17, 15) is 9.18 Å². The highest BCUT2D eigenvalue weighted by Crippen LogP contribution is 2.14. The Morgan fingerprint density at radius 3 is 2.56 bits per heavy atom. The fourth-order valence-corrected chi connectivity index (χ4v) is 0.968. The van der Waals surface area contributed by atoms with Crippen molar-refractivity contribution in [2.24, 2.45) is 0 Å². The first-order chi connectivity index (χ1) is 7.50. The van der Waals surface area contributed by atoms with Crippen LogP contribution in [0.15, 0.2) is 36.9 Å². The number of halogens is 1. The van der Waals surface area contributed by atoms with Gasteiger partial charge in [0.25, 0.3) is 0 Å². The van der Waals surface area contributed by atoms with Crippen LogP contribution in [0.5, 0.6) is 0 Å². The van der Waals surface area contributed by atoms with Crippen LogP contribution in [0.3, 0.4) is 0 Å². The molecule has 0 bridgehead atoms. The zero-order valence-electron chi connectivity index (χ0n) is 8.87. The molecule has 0 spiro atoms. The van der Waals surface area contributed by atoms with Gasteiger partial charge in [0.1, 0.15) is 5.82 Å². The molecule has 1 aromatic rings. The predicted octanol–water partition coefficient (Wildman–Crippen LogP) is 2.56. The number of ether oxygens (including phenoxy) is 1. The first kappa shape index (κ1) is 12.0. The first-order valence-electron chi connectivity index (χ1n) is 4.61. The molecule has 0 saturated heterocycles. The molecule has 0 N–H and O–H groups in total. The van der Waals surface area contributed by atoms with Crippen molar-refractivity contribution >= 4 is 5.97 Å². The van der Waals surface area contributed by atoms with E-state index in [1.54, 1.807) is 6.92 Å². The van der Waals surface area contributed by atoms with Crippen molar-refractivity contribution in [2.45, 2.75) is 12.5 Å². The summed E-state index contributed by atoms with van der Waals surface area (Å²) in [4.78, 5) is 11.6. The molecule has 1 unspecified atom stereocenters. The van der Waals surface area contributed by atoms with E-state index in [-0.39, 0.29) is 5.56 Å². The van der Waals surface area contributed by atoms with Crippen molar-refractivity contribution in [3.05, 3.63) is 48.3 Å². The Kier molecular flexibility index (Phi) is 3.47. The average Bonchev–Trinajstić information content (AvgIpc) is 2.29. The van der Waals surface area contributed by atoms with E-state index in [1.165, 1.54) is 30.3 Å². The van der Waals surface area contributed by atoms with Gasteiger partial charge in [-0.3, -0.25) is 0 Å². The lowest BCUT2D eigenvalue weighted by atomic mass is 10.1. The van der Waals surface area contributed by atoms with E-state index >= 15 is 0 Å². The van der Waals surface area contributed by atoms with Crippen LogP contribution in [0.1, 0.15) is 17.3 Å². The van der Waals surface area contributed by atoms with Crippen LogP contribution >= 0.6 is 0 Å². The average molecular weight is 218 g/mol. The van der Waals surface area contributed by atoms with Crippen LogP contribution in [0.2, 0.25) is 0 Å². The van der Waals surface area contributed by atoms with Gasteiger partial charge in [0.05, 0.1) is 5.56 Å². The van der Waals surface area contributed by atoms with E-state index in [4.69, 9.17) is 11.2 Å². The second kappa shape index (κ2) is 4.63. The maximum absolute atomic E-state index is 12.6. The van der Waals surface area contributed by atoms with Gasteiger partial charge in [-0.1, -0.05) is 12.5 Å². The van der Waals surface area contributed by atoms with Crippen molar-refractivity contribution in [1.82, 2.24) is 0 Å². The van der Waals surface area contributed by atoms with Crippen molar-refractivity contribution in [3.63, 3.8) is 0 Å². The van der Waals surface area contributed by atoms with Crippen LogP contribution in [-0.2, 0) is 4.74 Å². The summed E-state index contributed by atoms with van der Waals surface area (Å²) >= 11 is 0. The maximum atomic E-state index is 12.6. The lowest BCUT2D eigenvalue weighted by molar-refractivity contribution is 0.0284. The Morgan fingerprint density at radius 2 is 2.12 bits per heavy atom. The van der Waals surface area contributed by atoms with E-state index in [1.807, 2.05) is 0 Å². The number of carbonyl (C=O) groups is 1. The van der Waals surface area contributed by atoms with Crippen LogP contribution in [0.4, 0.5) is 4.39 Å². The number of rotatable bonds is 3. The van der Waals surface area contributed by atoms with E-state index < -0.39 is 17.4 Å². The van der Waals surface area contributed by atoms with Crippen LogP contribution in [-0.4, -0.2) is 11.6 Å². The van der Waals surface area contributed by atoms with Gasteiger partial charge in [-0.15, -0.1) is 6.42 Å². The fraction of sp³-hybridized carbons (Fsp3) is 0.154. The molecule has 82 valence electrons. The number of benzene rings is 1. The fourth-order valence-electron chi connectivity index (χ4n) is 0.968. The van der Waals surface area contributed by atoms with Gasteiger partial charge in [0.15, 0.2) is 5.60 Å². The van der Waals surface area contributed by atoms with Crippen molar-refractivity contribution in [2.75, 3.05) is 0 Å². The molecule has 2 nitrogen and oxygen atoms in total. The zero-order valence-corrected chi connectivity index (χ0v) is 8.87. The lowest BCUT2D eigenvalue weighted by Crippen LogP contribution is -2.27. The minimum Gasteiger partial charge on any atom is -0.439 e. The van der Waals surface area contributed by atoms with Gasteiger partial charge in [-0.25, -0.2) is 9.18 Å². The predicted molar refractivity (Wildman–Crippen MR) is 59.3 cm³/mol. The van der Waals surface area contributed by atoms with Gasteiger partial charge in [-0.05, 0) is 37.3 Å². The molecule has 1 atom stereocenters. The summed E-state index contributed by atoms with van der Waals surface area (Å²) in [5.74, 6) is 1.28. The highest BCUT2D eigenvalue weighted by Gasteiger charge is 2.22. The number of terminal acetylenes is 1. The van der Waals surface area contributed by atoms with E-state index in [0.717, 1.165) is 0 Å². The summed E-state index contributed by atoms with van der Waals surface area (Å²) in [7, 11) is 0. The Bertz CT molecular complexity index is 442. The molecule has 1 rings (SSSR count). The molecule has 0 amide bonds. The molecule has 0 aromatic heterocycles. The number of hydrogen-bond donors (Lipinski definition) is 0. The topological polar surface area (TPSA) is 26.3 Å². The standard InChI is InChI=1S/C13H11FO2/c1-4-13(3,5-2)16-12(15)10-6-8-11(14)9-7-10/h1,5-9H,2H2,3H3. The lowest BCUT2D eigenvalue weighted by Gasteiger charge is -2.19. The van der Waals surface area contributed by atoms with Crippen molar-refractivity contribution in [3.8, 4) is 12.3 Å². The largest absolute Gasteiger partial charge is 0.439 e. The molecule has 0 aliphatic rings. The Morgan fingerprint density at radius 1 is 1.56 bits per heavy atom. The van der Waals surface area contributed by atoms with Crippen molar-refractivity contribution in [1.29, 1.82) is 0 Å². The van der Waals surface area contributed by atoms with Gasteiger partial charge >= 0.3 is 5.97 Å². The molecule has 0 heterocycles. The quantitative estimate of drug-likeness (QED) is 0.443. The second-order valence-electron chi connectivity index (χ2n) is 3.35. The molecule has 1 aromatic carbocycles. The summed E-state index contributed by atoms with van der Waals surface area (Å²) in [6, 6.07) is 5.02. The summed E-state index contributed by atoms with van der Waals surface area (Å²) in [6.07, 6.45) is 6.57. The zero-order chi connectivity index (χ0) is 12.2. The molecule has 3 heteroatoms. The van der Waals surface area contributed by atoms with Crippen molar-refractivity contribution < 1.29 is 13.9 Å². The number of hydrogen-bond acceptors (Lipinski definition) is 2. The molecule has 0 fully saturated rings. The van der Waals surface area contributed by atoms with Gasteiger partial charge < -0.3 is 4.74 Å². The van der Waals surface area contributed by atoms with Crippen LogP contribution in [0.25, 0.3) is 0 Å². The van der Waals surface area contributed by atoms with E-state index in [2.05, 4.69) is 12.5 Å². The normalized spacial score (nSPS) is 13.3. The van der Waals surface area contributed by atoms with Gasteiger partial charge in [0.2, 0.25) is 0 Å². The van der Waals surface area contributed by atoms with E-state index in [0.29, 0.717) is 0 Å². The summed E-state index contributed by atoms with van der Waals surface area (Å²) in [6.45, 7) is 5.03. The molecular formula is C13H11FO2. The molecule has 0 aliphatic carbocycles. The summed E-state index contributed by atoms with van der Waals surface area (Å²) < 4.78 is 17.7. The minimum absolute atomic E-state index is 0.240. The van der Waals surface area contributed by atoms with Gasteiger partial charge in [0, 0.05) is 0 Å². The van der Waals surface area contributed by atoms with Crippen LogP contribution < -0.4 is 0 Å². The third kappa shape index (κ3) is 2.71. The molecule has 0 aliphatic heterocycles. The Balaban J connectivity index is 2.85. The Hall–Kier alpha value is -2.08. The molecular weight excluding hydrogens is 207 g/mol. The van der Waals surface area contributed by atoms with Crippen LogP contribution in [0, 0.1) is 18.2 Å². The summed E-state index contributed by atoms with van der Waals surface area (Å²) in [5, 5.41) is 0. The first-order valence-corrected chi connectivity index (χ1v) is 4.61. The molecule has 0 radical (unpaired) electrons. The monoisotopic (exact) mass is 218 g/mol. The highest BCUT2D eigenvalue weighted by molar-refractivity contribution is 5.89. The third-order valence-electron chi connectivity index (χ3n) is 2.06. The smallest absolute Gasteiger partial charge is 0.339 e. The number of carbonyl (C=O) groups excluding carboxylic acids is 1. The number of esters is 1. The maximum Gasteiger partial charge on any atom is 0.339 e. The molecule has 0 saturated carbocycles. The highest BCUT2D eigenvalue weighted by atomic mass is 19.1. The Labute approximate surface area is 93.7 Å². The minimum atomic E-state index is -1.15. The van der Waals surface area contributed by atoms with Gasteiger partial charge in [-0.2, -0.15) is 0 Å². The molecule has 16 heavy (non-hydrogen) atoms. The SMILES string of the molecule is C#CC(C)(C=C)OC(=O)c1ccc(F)cc1. The summed E-state index contributed by atoms with van der Waals surface area (Å²) in [5.41, 5.74) is -0.907. The third-order valence-corrected chi connectivity index (χ3v) is 2.06.